The number of ether oxygens (including phenoxy) is 2. The van der Waals surface area contributed by atoms with E-state index in [-0.39, 0.29) is 36.0 Å². The van der Waals surface area contributed by atoms with Crippen molar-refractivity contribution in [2.75, 3.05) is 0 Å². The zero-order valence-electron chi connectivity index (χ0n) is 31.9. The molecule has 0 heterocycles. The summed E-state index contributed by atoms with van der Waals surface area (Å²) in [5.74, 6) is -0.288. The number of esters is 2. The molecule has 0 N–H and O–H groups in total. The molecule has 2 aliphatic rings. The predicted molar refractivity (Wildman–Crippen MR) is 211 cm³/mol. The van der Waals surface area contributed by atoms with E-state index in [0.29, 0.717) is 24.0 Å². The molecule has 4 heteroatoms. The minimum Gasteiger partial charge on any atom is -0.454 e. The van der Waals surface area contributed by atoms with E-state index in [1.165, 1.54) is 97.6 Å². The third kappa shape index (κ3) is 8.88. The van der Waals surface area contributed by atoms with Crippen LogP contribution in [0.1, 0.15) is 174 Å². The van der Waals surface area contributed by atoms with E-state index < -0.39 is 0 Å². The number of carbonyl (C=O) groups is 2. The summed E-state index contributed by atoms with van der Waals surface area (Å²) < 4.78 is 12.8. The molecule has 0 fully saturated rings. The van der Waals surface area contributed by atoms with Crippen LogP contribution < -0.4 is 0 Å². The second kappa shape index (κ2) is 18.0. The van der Waals surface area contributed by atoms with Gasteiger partial charge in [-0.1, -0.05) is 126 Å². The van der Waals surface area contributed by atoms with Crippen molar-refractivity contribution in [3.63, 3.8) is 0 Å². The first-order valence-corrected chi connectivity index (χ1v) is 20.2. The lowest BCUT2D eigenvalue weighted by Gasteiger charge is -2.45. The smallest absolute Gasteiger partial charge is 0.338 e. The molecule has 6 rings (SSSR count). The van der Waals surface area contributed by atoms with Gasteiger partial charge in [0.2, 0.25) is 0 Å². The lowest BCUT2D eigenvalue weighted by Crippen LogP contribution is -2.34. The quantitative estimate of drug-likeness (QED) is 0.0863. The van der Waals surface area contributed by atoms with Crippen molar-refractivity contribution < 1.29 is 19.1 Å². The molecular weight excluding hydrogens is 641 g/mol. The van der Waals surface area contributed by atoms with Gasteiger partial charge < -0.3 is 9.47 Å². The minimum absolute atomic E-state index is 0.142. The Labute approximate surface area is 312 Å². The molecule has 0 bridgehead atoms. The van der Waals surface area contributed by atoms with Crippen LogP contribution in [0.5, 0.6) is 0 Å². The van der Waals surface area contributed by atoms with Gasteiger partial charge in [-0.15, -0.1) is 0 Å². The summed E-state index contributed by atoms with van der Waals surface area (Å²) in [7, 11) is 0. The molecule has 2 aliphatic carbocycles. The number of hydrogen-bond acceptors (Lipinski definition) is 4. The molecule has 0 aliphatic heterocycles. The van der Waals surface area contributed by atoms with E-state index in [1.54, 1.807) is 0 Å². The highest BCUT2D eigenvalue weighted by atomic mass is 16.5. The van der Waals surface area contributed by atoms with Gasteiger partial charge in [0.05, 0.1) is 11.1 Å². The normalized spacial score (nSPS) is 18.9. The van der Waals surface area contributed by atoms with Crippen molar-refractivity contribution in [3.05, 3.63) is 141 Å². The maximum atomic E-state index is 13.7. The molecule has 0 radical (unpaired) electrons. The van der Waals surface area contributed by atoms with Crippen LogP contribution in [-0.4, -0.2) is 11.9 Å². The van der Waals surface area contributed by atoms with Crippen LogP contribution in [-0.2, 0) is 22.3 Å². The zero-order valence-corrected chi connectivity index (χ0v) is 31.9. The summed E-state index contributed by atoms with van der Waals surface area (Å²) in [4.78, 5) is 27.3. The molecular formula is C48H58O4. The van der Waals surface area contributed by atoms with Crippen molar-refractivity contribution in [3.8, 4) is 0 Å². The van der Waals surface area contributed by atoms with Crippen molar-refractivity contribution in [2.45, 2.75) is 136 Å². The van der Waals surface area contributed by atoms with E-state index in [1.807, 2.05) is 24.3 Å². The number of unbranched alkanes of at least 4 members (excludes halogenated alkanes) is 8. The monoisotopic (exact) mass is 698 g/mol. The van der Waals surface area contributed by atoms with Crippen molar-refractivity contribution in [1.82, 2.24) is 0 Å². The number of aryl methyl sites for hydroxylation is 4. The third-order valence-electron chi connectivity index (χ3n) is 11.6. The first-order valence-electron chi connectivity index (χ1n) is 20.2. The van der Waals surface area contributed by atoms with E-state index in [2.05, 4.69) is 88.4 Å². The number of fused-ring (bicyclic) bond motifs is 5. The average molecular weight is 699 g/mol. The SMILES string of the molecule is CCCCCCCc1ccc(C(=O)O[C@H]2CC3C[C@H](OC(=O)c4ccc(CCCCCCC)cc4)c4cccc(C)c4C3c3c(C)cccc32)cc1. The number of rotatable bonds is 16. The standard InChI is InChI=1S/C48H58O4/c1-5-7-9-11-13-19-35-23-27-37(28-24-35)47(49)51-42-31-39-32-43(52-48(50)38-29-25-36(26-30-38)20-14-12-10-8-6-2)41-22-16-18-34(4)45(41)46(39)44-33(3)17-15-21-40(42)44/h15-18,21-30,39,42-43,46H,5-14,19-20,31-32H2,1-4H3/t39?,42-,43-,46?/m0/s1. The summed E-state index contributed by atoms with van der Waals surface area (Å²) in [6, 6.07) is 28.7. The second-order valence-electron chi connectivity index (χ2n) is 15.4. The topological polar surface area (TPSA) is 52.6 Å². The summed E-state index contributed by atoms with van der Waals surface area (Å²) in [6.45, 7) is 8.81. The number of hydrogen-bond donors (Lipinski definition) is 0. The third-order valence-corrected chi connectivity index (χ3v) is 11.6. The Morgan fingerprint density at radius 3 is 1.35 bits per heavy atom. The molecule has 0 aromatic heterocycles. The fourth-order valence-corrected chi connectivity index (χ4v) is 8.70. The Morgan fingerprint density at radius 2 is 0.942 bits per heavy atom. The van der Waals surface area contributed by atoms with Gasteiger partial charge in [0.25, 0.3) is 0 Å². The Kier molecular flexibility index (Phi) is 13.0. The summed E-state index contributed by atoms with van der Waals surface area (Å²) in [6.07, 6.45) is 15.2. The van der Waals surface area contributed by atoms with Crippen LogP contribution in [0, 0.1) is 19.8 Å². The van der Waals surface area contributed by atoms with Gasteiger partial charge >= 0.3 is 11.9 Å². The molecule has 0 saturated carbocycles. The van der Waals surface area contributed by atoms with Crippen molar-refractivity contribution >= 4 is 11.9 Å². The summed E-state index contributed by atoms with van der Waals surface area (Å²) >= 11 is 0. The molecule has 4 nitrogen and oxygen atoms in total. The molecule has 4 aromatic carbocycles. The van der Waals surface area contributed by atoms with Gasteiger partial charge in [-0.3, -0.25) is 0 Å². The molecule has 0 spiro atoms. The molecule has 52 heavy (non-hydrogen) atoms. The average Bonchev–Trinajstić information content (AvgIpc) is 3.15. The van der Waals surface area contributed by atoms with Crippen molar-refractivity contribution in [2.24, 2.45) is 5.92 Å². The predicted octanol–water partition coefficient (Wildman–Crippen LogP) is 12.7. The van der Waals surface area contributed by atoms with E-state index in [9.17, 15) is 9.59 Å². The van der Waals surface area contributed by atoms with Gasteiger partial charge in [0.15, 0.2) is 0 Å². The molecule has 0 unspecified atom stereocenters. The van der Waals surface area contributed by atoms with Crippen LogP contribution in [0.2, 0.25) is 0 Å². The molecule has 0 amide bonds. The van der Waals surface area contributed by atoms with Gasteiger partial charge in [-0.05, 0) is 127 Å². The lowest BCUT2D eigenvalue weighted by atomic mass is 9.62. The highest BCUT2D eigenvalue weighted by Gasteiger charge is 2.45. The van der Waals surface area contributed by atoms with Crippen LogP contribution in [0.15, 0.2) is 84.9 Å². The Morgan fingerprint density at radius 1 is 0.538 bits per heavy atom. The highest BCUT2D eigenvalue weighted by Crippen LogP contribution is 2.56. The zero-order chi connectivity index (χ0) is 36.5. The van der Waals surface area contributed by atoms with E-state index in [0.717, 1.165) is 24.0 Å². The minimum atomic E-state index is -0.377. The number of benzene rings is 4. The van der Waals surface area contributed by atoms with E-state index in [4.69, 9.17) is 9.47 Å². The first kappa shape index (κ1) is 37.6. The maximum Gasteiger partial charge on any atom is 0.338 e. The molecule has 274 valence electrons. The Balaban J connectivity index is 1.19. The molecule has 0 saturated heterocycles. The largest absolute Gasteiger partial charge is 0.454 e. The highest BCUT2D eigenvalue weighted by molar-refractivity contribution is 5.90. The second-order valence-corrected chi connectivity index (χ2v) is 15.4. The lowest BCUT2D eigenvalue weighted by molar-refractivity contribution is 0.00378. The van der Waals surface area contributed by atoms with E-state index >= 15 is 0 Å². The van der Waals surface area contributed by atoms with Crippen LogP contribution in [0.3, 0.4) is 0 Å². The van der Waals surface area contributed by atoms with Gasteiger partial charge in [0, 0.05) is 5.92 Å². The summed E-state index contributed by atoms with van der Waals surface area (Å²) in [5.41, 5.74) is 10.8. The fraction of sp³-hybridized carbons (Fsp3) is 0.458. The fourth-order valence-electron chi connectivity index (χ4n) is 8.70. The van der Waals surface area contributed by atoms with Crippen LogP contribution in [0.4, 0.5) is 0 Å². The number of carbonyl (C=O) groups excluding carboxylic acids is 2. The van der Waals surface area contributed by atoms with Gasteiger partial charge in [-0.25, -0.2) is 9.59 Å². The maximum absolute atomic E-state index is 13.7. The van der Waals surface area contributed by atoms with Gasteiger partial charge in [0.1, 0.15) is 12.2 Å². The molecule has 4 aromatic rings. The molecule has 2 atom stereocenters. The van der Waals surface area contributed by atoms with Gasteiger partial charge in [-0.2, -0.15) is 0 Å². The van der Waals surface area contributed by atoms with Crippen LogP contribution >= 0.6 is 0 Å². The Hall–Kier alpha value is -4.18. The summed E-state index contributed by atoms with van der Waals surface area (Å²) in [5, 5.41) is 0. The Bertz CT molecular complexity index is 1660. The van der Waals surface area contributed by atoms with Crippen molar-refractivity contribution in [1.29, 1.82) is 0 Å². The van der Waals surface area contributed by atoms with Crippen LogP contribution in [0.25, 0.3) is 0 Å². The first-order chi connectivity index (χ1) is 25.4.